The van der Waals surface area contributed by atoms with Gasteiger partial charge < -0.3 is 4.98 Å². The molecule has 0 aromatic carbocycles. The predicted octanol–water partition coefficient (Wildman–Crippen LogP) is 4.30. The van der Waals surface area contributed by atoms with Gasteiger partial charge >= 0.3 is 0 Å². The van der Waals surface area contributed by atoms with E-state index in [4.69, 9.17) is 0 Å². The molecular formula is C16H17N3OS2. The van der Waals surface area contributed by atoms with E-state index in [0.717, 1.165) is 20.3 Å². The van der Waals surface area contributed by atoms with E-state index in [0.29, 0.717) is 11.2 Å². The first-order chi connectivity index (χ1) is 10.3. The number of allylic oxidation sites excluding steroid dienone is 1. The zero-order chi connectivity index (χ0) is 15.9. The molecule has 1 N–H and O–H groups in total. The summed E-state index contributed by atoms with van der Waals surface area (Å²) in [6, 6.07) is 1.80. The summed E-state index contributed by atoms with van der Waals surface area (Å²) in [4.78, 5) is 25.7. The Morgan fingerprint density at radius 3 is 2.82 bits per heavy atom. The second-order valence-electron chi connectivity index (χ2n) is 6.20. The quantitative estimate of drug-likeness (QED) is 0.761. The van der Waals surface area contributed by atoms with E-state index < -0.39 is 0 Å². The van der Waals surface area contributed by atoms with Gasteiger partial charge in [-0.1, -0.05) is 20.8 Å². The van der Waals surface area contributed by atoms with Crippen molar-refractivity contribution in [2.75, 3.05) is 0 Å². The fourth-order valence-electron chi connectivity index (χ4n) is 2.03. The van der Waals surface area contributed by atoms with Gasteiger partial charge in [0.2, 0.25) is 0 Å². The zero-order valence-corrected chi connectivity index (χ0v) is 14.6. The Morgan fingerprint density at radius 1 is 1.36 bits per heavy atom. The highest BCUT2D eigenvalue weighted by atomic mass is 32.1. The summed E-state index contributed by atoms with van der Waals surface area (Å²) in [5.74, 6) is 0.616. The molecular weight excluding hydrogens is 314 g/mol. The van der Waals surface area contributed by atoms with Crippen molar-refractivity contribution in [3.8, 4) is 0 Å². The molecule has 22 heavy (non-hydrogen) atoms. The third-order valence-corrected chi connectivity index (χ3v) is 5.41. The topological polar surface area (TPSA) is 58.6 Å². The Hall–Kier alpha value is -1.79. The Bertz CT molecular complexity index is 909. The van der Waals surface area contributed by atoms with Gasteiger partial charge in [-0.15, -0.1) is 22.7 Å². The maximum absolute atomic E-state index is 12.0. The highest BCUT2D eigenvalue weighted by molar-refractivity contribution is 7.16. The van der Waals surface area contributed by atoms with E-state index in [1.54, 1.807) is 17.4 Å². The zero-order valence-electron chi connectivity index (χ0n) is 12.9. The number of aromatic amines is 1. The Kier molecular flexibility index (Phi) is 3.74. The average molecular weight is 331 g/mol. The number of nitrogens with one attached hydrogen (secondary N) is 1. The second-order valence-corrected chi connectivity index (χ2v) is 8.16. The molecule has 6 heteroatoms. The molecule has 3 aromatic rings. The lowest BCUT2D eigenvalue weighted by Crippen LogP contribution is -2.09. The van der Waals surface area contributed by atoms with Crippen LogP contribution in [-0.4, -0.2) is 15.0 Å². The molecule has 3 aromatic heterocycles. The monoisotopic (exact) mass is 331 g/mol. The number of aromatic nitrogens is 3. The van der Waals surface area contributed by atoms with Crippen molar-refractivity contribution >= 4 is 44.5 Å². The molecule has 0 atom stereocenters. The van der Waals surface area contributed by atoms with E-state index >= 15 is 0 Å². The summed E-state index contributed by atoms with van der Waals surface area (Å²) in [5.41, 5.74) is 0.887. The summed E-state index contributed by atoms with van der Waals surface area (Å²) in [7, 11) is 0. The van der Waals surface area contributed by atoms with Crippen LogP contribution >= 0.6 is 22.7 Å². The molecule has 0 amide bonds. The summed E-state index contributed by atoms with van der Waals surface area (Å²) in [6.45, 7) is 8.40. The van der Waals surface area contributed by atoms with Gasteiger partial charge in [0.25, 0.3) is 5.56 Å². The molecule has 0 aliphatic heterocycles. The van der Waals surface area contributed by atoms with Crippen molar-refractivity contribution < 1.29 is 0 Å². The Balaban J connectivity index is 1.99. The fraction of sp³-hybridized carbons (Fsp3) is 0.312. The maximum Gasteiger partial charge on any atom is 0.259 e. The molecule has 0 aliphatic carbocycles. The van der Waals surface area contributed by atoms with Gasteiger partial charge in [-0.3, -0.25) is 4.79 Å². The molecule has 0 saturated carbocycles. The van der Waals surface area contributed by atoms with Crippen LogP contribution in [0.3, 0.4) is 0 Å². The molecule has 0 radical (unpaired) electrons. The first kappa shape index (κ1) is 15.1. The van der Waals surface area contributed by atoms with E-state index in [9.17, 15) is 4.79 Å². The largest absolute Gasteiger partial charge is 0.306 e. The standard InChI is InChI=1S/C16H17N3OS2/c1-9(7-10-8-17-15(22-10)16(2,3)4)12-18-13(20)11-5-6-21-14(11)19-12/h5-8H,1-4H3,(H,18,19,20)/b9-7-. The summed E-state index contributed by atoms with van der Waals surface area (Å²) in [6.07, 6.45) is 3.89. The van der Waals surface area contributed by atoms with Crippen molar-refractivity contribution in [3.05, 3.63) is 43.7 Å². The third-order valence-electron chi connectivity index (χ3n) is 3.23. The lowest BCUT2D eigenvalue weighted by Gasteiger charge is -2.13. The smallest absolute Gasteiger partial charge is 0.259 e. The molecule has 0 unspecified atom stereocenters. The van der Waals surface area contributed by atoms with E-state index in [1.807, 2.05) is 24.6 Å². The molecule has 0 saturated heterocycles. The molecule has 0 bridgehead atoms. The van der Waals surface area contributed by atoms with Crippen LogP contribution in [0.15, 0.2) is 22.4 Å². The molecule has 0 aliphatic rings. The van der Waals surface area contributed by atoms with Gasteiger partial charge in [-0.25, -0.2) is 9.97 Å². The van der Waals surface area contributed by atoms with Crippen molar-refractivity contribution in [2.45, 2.75) is 33.1 Å². The number of hydrogen-bond donors (Lipinski definition) is 1. The second kappa shape index (κ2) is 5.44. The van der Waals surface area contributed by atoms with Gasteiger partial charge in [0, 0.05) is 16.5 Å². The van der Waals surface area contributed by atoms with Crippen LogP contribution in [0.4, 0.5) is 0 Å². The Labute approximate surface area is 136 Å². The molecule has 4 nitrogen and oxygen atoms in total. The number of rotatable bonds is 2. The van der Waals surface area contributed by atoms with Crippen molar-refractivity contribution in [2.24, 2.45) is 0 Å². The van der Waals surface area contributed by atoms with Crippen LogP contribution in [-0.2, 0) is 5.41 Å². The SMILES string of the molecule is C/C(=C/c1cnc(C(C)(C)C)s1)c1nc2sccc2c(=O)[nH]1. The van der Waals surface area contributed by atoms with Gasteiger partial charge in [0.1, 0.15) is 10.7 Å². The predicted molar refractivity (Wildman–Crippen MR) is 94.6 cm³/mol. The van der Waals surface area contributed by atoms with Crippen molar-refractivity contribution in [1.82, 2.24) is 15.0 Å². The van der Waals surface area contributed by atoms with Crippen LogP contribution in [0, 0.1) is 0 Å². The summed E-state index contributed by atoms with van der Waals surface area (Å²) < 4.78 is 0. The highest BCUT2D eigenvalue weighted by Gasteiger charge is 2.17. The lowest BCUT2D eigenvalue weighted by molar-refractivity contribution is 0.585. The van der Waals surface area contributed by atoms with E-state index in [1.165, 1.54) is 11.3 Å². The molecule has 0 spiro atoms. The number of nitrogens with zero attached hydrogens (tertiary/aromatic N) is 2. The number of hydrogen-bond acceptors (Lipinski definition) is 5. The summed E-state index contributed by atoms with van der Waals surface area (Å²) >= 11 is 3.15. The normalized spacial score (nSPS) is 13.0. The molecule has 3 rings (SSSR count). The third kappa shape index (κ3) is 2.89. The van der Waals surface area contributed by atoms with Crippen molar-refractivity contribution in [3.63, 3.8) is 0 Å². The Morgan fingerprint density at radius 2 is 2.14 bits per heavy atom. The molecule has 114 valence electrons. The average Bonchev–Trinajstić information content (AvgIpc) is 3.06. The van der Waals surface area contributed by atoms with E-state index in [2.05, 4.69) is 35.7 Å². The molecule has 3 heterocycles. The van der Waals surface area contributed by atoms with Gasteiger partial charge in [-0.05, 0) is 30.0 Å². The number of H-pyrrole nitrogens is 1. The summed E-state index contributed by atoms with van der Waals surface area (Å²) in [5, 5.41) is 3.63. The number of thiazole rings is 1. The number of fused-ring (bicyclic) bond motifs is 1. The van der Waals surface area contributed by atoms with Crippen LogP contribution in [0.1, 0.15) is 43.4 Å². The van der Waals surface area contributed by atoms with Crippen LogP contribution < -0.4 is 5.56 Å². The first-order valence-corrected chi connectivity index (χ1v) is 8.67. The van der Waals surface area contributed by atoms with Crippen LogP contribution in [0.2, 0.25) is 0 Å². The molecule has 0 fully saturated rings. The maximum atomic E-state index is 12.0. The number of thiophene rings is 1. The van der Waals surface area contributed by atoms with Gasteiger partial charge in [0.05, 0.1) is 10.4 Å². The minimum atomic E-state index is -0.0892. The fourth-order valence-corrected chi connectivity index (χ4v) is 3.77. The van der Waals surface area contributed by atoms with Gasteiger partial charge in [0.15, 0.2) is 0 Å². The minimum absolute atomic E-state index is 0.0487. The first-order valence-electron chi connectivity index (χ1n) is 6.97. The van der Waals surface area contributed by atoms with E-state index in [-0.39, 0.29) is 11.0 Å². The van der Waals surface area contributed by atoms with Crippen LogP contribution in [0.25, 0.3) is 21.9 Å². The lowest BCUT2D eigenvalue weighted by atomic mass is 9.98. The highest BCUT2D eigenvalue weighted by Crippen LogP contribution is 2.28. The minimum Gasteiger partial charge on any atom is -0.306 e. The van der Waals surface area contributed by atoms with Crippen molar-refractivity contribution in [1.29, 1.82) is 0 Å². The van der Waals surface area contributed by atoms with Gasteiger partial charge in [-0.2, -0.15) is 0 Å². The van der Waals surface area contributed by atoms with Crippen LogP contribution in [0.5, 0.6) is 0 Å².